The molecule has 0 N–H and O–H groups in total. The van der Waals surface area contributed by atoms with Crippen LogP contribution in [0.25, 0.3) is 0 Å². The minimum Gasteiger partial charge on any atom is -0.376 e. The van der Waals surface area contributed by atoms with Gasteiger partial charge in [-0.05, 0) is 61.0 Å². The molecule has 0 aliphatic carbocycles. The fourth-order valence-corrected chi connectivity index (χ4v) is 4.62. The highest BCUT2D eigenvalue weighted by atomic mass is 16.5. The Morgan fingerprint density at radius 3 is 2.16 bits per heavy atom. The van der Waals surface area contributed by atoms with E-state index in [0.717, 1.165) is 16.8 Å². The lowest BCUT2D eigenvalue weighted by molar-refractivity contribution is -0.0580. The first kappa shape index (κ1) is 19.8. The van der Waals surface area contributed by atoms with E-state index in [9.17, 15) is 15.3 Å². The largest absolute Gasteiger partial charge is 0.376 e. The standard InChI is InChI=1S/C26H20N4O2/c1-18-5-9-23(10-6-18)30-25(31)29(22-11-7-19(14-27)8-12-22)24(26(30)16-32-17-26)21-4-2-3-20(13-21)15-28/h2-13,24H,16-17H2,1H3/t24-/m1/s1. The molecule has 3 aromatic rings. The Morgan fingerprint density at radius 1 is 0.906 bits per heavy atom. The number of hydrogen-bond donors (Lipinski definition) is 0. The molecule has 0 saturated carbocycles. The molecule has 0 radical (unpaired) electrons. The van der Waals surface area contributed by atoms with Crippen LogP contribution in [-0.2, 0) is 4.74 Å². The van der Waals surface area contributed by atoms with Crippen molar-refractivity contribution in [2.24, 2.45) is 0 Å². The van der Waals surface area contributed by atoms with Gasteiger partial charge in [0.1, 0.15) is 5.54 Å². The molecule has 1 atom stereocenters. The molecule has 0 bridgehead atoms. The summed E-state index contributed by atoms with van der Waals surface area (Å²) in [6.07, 6.45) is 0. The molecule has 0 aromatic heterocycles. The predicted octanol–water partition coefficient (Wildman–Crippen LogP) is 4.70. The van der Waals surface area contributed by atoms with Gasteiger partial charge in [0.2, 0.25) is 0 Å². The van der Waals surface area contributed by atoms with Gasteiger partial charge in [0, 0.05) is 11.4 Å². The Bertz CT molecular complexity index is 1260. The average Bonchev–Trinajstić information content (AvgIpc) is 3.09. The summed E-state index contributed by atoms with van der Waals surface area (Å²) in [6.45, 7) is 2.79. The molecule has 2 fully saturated rings. The number of ether oxygens (including phenoxy) is 1. The molecule has 2 amide bonds. The second-order valence-electron chi connectivity index (χ2n) is 8.22. The fraction of sp³-hybridized carbons (Fsp3) is 0.192. The number of hydrogen-bond acceptors (Lipinski definition) is 4. The van der Waals surface area contributed by atoms with Crippen LogP contribution in [0.15, 0.2) is 72.8 Å². The Kier molecular flexibility index (Phi) is 4.66. The summed E-state index contributed by atoms with van der Waals surface area (Å²) in [4.78, 5) is 17.6. The monoisotopic (exact) mass is 420 g/mol. The molecule has 32 heavy (non-hydrogen) atoms. The predicted molar refractivity (Wildman–Crippen MR) is 120 cm³/mol. The van der Waals surface area contributed by atoms with Gasteiger partial charge in [0.05, 0.1) is 42.5 Å². The molecular formula is C26H20N4O2. The second-order valence-corrected chi connectivity index (χ2v) is 8.22. The van der Waals surface area contributed by atoms with Crippen LogP contribution in [0, 0.1) is 29.6 Å². The van der Waals surface area contributed by atoms with Gasteiger partial charge in [-0.15, -0.1) is 0 Å². The first-order valence-corrected chi connectivity index (χ1v) is 10.4. The maximum atomic E-state index is 14.0. The van der Waals surface area contributed by atoms with E-state index in [1.807, 2.05) is 54.3 Å². The number of carbonyl (C=O) groups is 1. The van der Waals surface area contributed by atoms with Crippen molar-refractivity contribution < 1.29 is 9.53 Å². The minimum atomic E-state index is -0.603. The lowest BCUT2D eigenvalue weighted by atomic mass is 9.82. The van der Waals surface area contributed by atoms with Crippen molar-refractivity contribution in [2.75, 3.05) is 23.0 Å². The van der Waals surface area contributed by atoms with E-state index >= 15 is 0 Å². The number of nitriles is 2. The molecule has 2 saturated heterocycles. The van der Waals surface area contributed by atoms with Crippen molar-refractivity contribution in [3.63, 3.8) is 0 Å². The second kappa shape index (κ2) is 7.53. The van der Waals surface area contributed by atoms with Gasteiger partial charge < -0.3 is 4.74 Å². The molecule has 156 valence electrons. The zero-order valence-electron chi connectivity index (χ0n) is 17.5. The van der Waals surface area contributed by atoms with E-state index in [1.165, 1.54) is 0 Å². The molecule has 2 heterocycles. The van der Waals surface area contributed by atoms with Gasteiger partial charge in [0.15, 0.2) is 0 Å². The van der Waals surface area contributed by atoms with E-state index in [1.54, 1.807) is 35.2 Å². The van der Waals surface area contributed by atoms with Crippen molar-refractivity contribution in [1.29, 1.82) is 10.5 Å². The highest BCUT2D eigenvalue weighted by Crippen LogP contribution is 2.51. The normalized spacial score (nSPS) is 18.8. The zero-order valence-corrected chi connectivity index (χ0v) is 17.5. The van der Waals surface area contributed by atoms with Crippen LogP contribution < -0.4 is 9.80 Å². The zero-order chi connectivity index (χ0) is 22.3. The lowest BCUT2D eigenvalue weighted by Gasteiger charge is -2.47. The van der Waals surface area contributed by atoms with E-state index in [0.29, 0.717) is 30.0 Å². The fourth-order valence-electron chi connectivity index (χ4n) is 4.62. The van der Waals surface area contributed by atoms with Crippen LogP contribution in [0.5, 0.6) is 0 Å². The number of aryl methyl sites for hydroxylation is 1. The summed E-state index contributed by atoms with van der Waals surface area (Å²) in [6, 6.07) is 26.1. The molecule has 6 heteroatoms. The van der Waals surface area contributed by atoms with Crippen molar-refractivity contribution >= 4 is 17.4 Å². The molecule has 1 spiro atoms. The summed E-state index contributed by atoms with van der Waals surface area (Å²) in [7, 11) is 0. The van der Waals surface area contributed by atoms with Crippen molar-refractivity contribution in [3.8, 4) is 12.1 Å². The van der Waals surface area contributed by atoms with Crippen LogP contribution >= 0.6 is 0 Å². The van der Waals surface area contributed by atoms with Crippen LogP contribution in [0.4, 0.5) is 16.2 Å². The van der Waals surface area contributed by atoms with Crippen molar-refractivity contribution in [1.82, 2.24) is 0 Å². The first-order chi connectivity index (χ1) is 15.6. The van der Waals surface area contributed by atoms with E-state index in [4.69, 9.17) is 4.74 Å². The maximum Gasteiger partial charge on any atom is 0.330 e. The molecule has 2 aliphatic heterocycles. The topological polar surface area (TPSA) is 80.4 Å². The van der Waals surface area contributed by atoms with Gasteiger partial charge in [-0.25, -0.2) is 4.79 Å². The van der Waals surface area contributed by atoms with Crippen LogP contribution in [0.1, 0.15) is 28.3 Å². The van der Waals surface area contributed by atoms with E-state index < -0.39 is 5.54 Å². The molecule has 0 unspecified atom stereocenters. The van der Waals surface area contributed by atoms with Gasteiger partial charge in [0.25, 0.3) is 0 Å². The highest BCUT2D eigenvalue weighted by molar-refractivity contribution is 6.09. The number of amides is 2. The molecular weight excluding hydrogens is 400 g/mol. The van der Waals surface area contributed by atoms with Crippen molar-refractivity contribution in [2.45, 2.75) is 18.5 Å². The summed E-state index contributed by atoms with van der Waals surface area (Å²) in [5.41, 5.74) is 3.96. The number of anilines is 2. The Labute approximate surface area is 186 Å². The number of nitrogens with zero attached hydrogens (tertiary/aromatic N) is 4. The SMILES string of the molecule is Cc1ccc(N2C(=O)N(c3ccc(C#N)cc3)[C@H](c3cccc(C#N)c3)C23COC3)cc1. The van der Waals surface area contributed by atoms with Crippen LogP contribution in [0.3, 0.4) is 0 Å². The van der Waals surface area contributed by atoms with Gasteiger partial charge >= 0.3 is 6.03 Å². The Balaban J connectivity index is 1.70. The molecule has 3 aromatic carbocycles. The van der Waals surface area contributed by atoms with Gasteiger partial charge in [-0.3, -0.25) is 9.80 Å². The van der Waals surface area contributed by atoms with Crippen LogP contribution in [0.2, 0.25) is 0 Å². The third kappa shape index (κ3) is 2.93. The van der Waals surface area contributed by atoms with Gasteiger partial charge in [-0.2, -0.15) is 10.5 Å². The number of rotatable bonds is 3. The lowest BCUT2D eigenvalue weighted by Crippen LogP contribution is -2.62. The summed E-state index contributed by atoms with van der Waals surface area (Å²) in [5.74, 6) is 0. The first-order valence-electron chi connectivity index (χ1n) is 10.4. The number of urea groups is 1. The average molecular weight is 420 g/mol. The molecule has 5 rings (SSSR count). The van der Waals surface area contributed by atoms with E-state index in [2.05, 4.69) is 12.1 Å². The quantitative estimate of drug-likeness (QED) is 0.615. The summed E-state index contributed by atoms with van der Waals surface area (Å²) in [5, 5.41) is 18.6. The third-order valence-electron chi connectivity index (χ3n) is 6.21. The Morgan fingerprint density at radius 2 is 1.56 bits per heavy atom. The number of carbonyl (C=O) groups excluding carboxylic acids is 1. The smallest absolute Gasteiger partial charge is 0.330 e. The molecule has 2 aliphatic rings. The van der Waals surface area contributed by atoms with Gasteiger partial charge in [-0.1, -0.05) is 29.8 Å². The minimum absolute atomic E-state index is 0.158. The molecule has 6 nitrogen and oxygen atoms in total. The highest BCUT2D eigenvalue weighted by Gasteiger charge is 2.63. The van der Waals surface area contributed by atoms with Crippen molar-refractivity contribution in [3.05, 3.63) is 95.1 Å². The summed E-state index contributed by atoms with van der Waals surface area (Å²) >= 11 is 0. The van der Waals surface area contributed by atoms with E-state index in [-0.39, 0.29) is 12.1 Å². The maximum absolute atomic E-state index is 14.0. The summed E-state index contributed by atoms with van der Waals surface area (Å²) < 4.78 is 5.68. The Hall–Kier alpha value is -4.13. The number of benzene rings is 3. The third-order valence-corrected chi connectivity index (χ3v) is 6.21. The van der Waals surface area contributed by atoms with Crippen LogP contribution in [-0.4, -0.2) is 24.8 Å².